The van der Waals surface area contributed by atoms with Gasteiger partial charge in [-0.3, -0.25) is 4.79 Å². The highest BCUT2D eigenvalue weighted by molar-refractivity contribution is 7.89. The maximum atomic E-state index is 13.3. The molecule has 1 heterocycles. The molecule has 0 aromatic heterocycles. The van der Waals surface area contributed by atoms with Crippen LogP contribution in [0.3, 0.4) is 0 Å². The quantitative estimate of drug-likeness (QED) is 0.794. The lowest BCUT2D eigenvalue weighted by molar-refractivity contribution is -0.120. The number of nitrogens with zero attached hydrogens (tertiary/aromatic N) is 1. The Morgan fingerprint density at radius 2 is 1.63 bits per heavy atom. The fraction of sp³-hybridized carbons (Fsp3) is 0.409. The summed E-state index contributed by atoms with van der Waals surface area (Å²) in [5, 5.41) is 2.59. The maximum absolute atomic E-state index is 13.3. The van der Waals surface area contributed by atoms with Gasteiger partial charge in [-0.1, -0.05) is 6.07 Å². The second kappa shape index (κ2) is 8.43. The van der Waals surface area contributed by atoms with Crippen LogP contribution in [0, 0.1) is 17.6 Å². The van der Waals surface area contributed by atoms with Crippen molar-refractivity contribution in [3.05, 3.63) is 59.2 Å². The van der Waals surface area contributed by atoms with E-state index in [1.807, 2.05) is 6.07 Å². The van der Waals surface area contributed by atoms with Crippen molar-refractivity contribution in [1.82, 2.24) is 4.31 Å². The van der Waals surface area contributed by atoms with Crippen LogP contribution in [0.4, 0.5) is 14.5 Å². The molecule has 1 N–H and O–H groups in total. The number of halogens is 2. The van der Waals surface area contributed by atoms with Crippen LogP contribution < -0.4 is 5.32 Å². The maximum Gasteiger partial charge on any atom is 0.243 e. The van der Waals surface area contributed by atoms with Crippen LogP contribution in [-0.2, 0) is 27.7 Å². The fourth-order valence-corrected chi connectivity index (χ4v) is 5.72. The number of carbonyl (C=O) groups is 1. The van der Waals surface area contributed by atoms with Crippen molar-refractivity contribution in [3.8, 4) is 0 Å². The minimum Gasteiger partial charge on any atom is -0.326 e. The highest BCUT2D eigenvalue weighted by Crippen LogP contribution is 2.28. The summed E-state index contributed by atoms with van der Waals surface area (Å²) in [6, 6.07) is 8.59. The highest BCUT2D eigenvalue weighted by atomic mass is 32.2. The molecule has 1 saturated heterocycles. The van der Waals surface area contributed by atoms with Gasteiger partial charge < -0.3 is 5.32 Å². The van der Waals surface area contributed by atoms with Crippen molar-refractivity contribution < 1.29 is 22.0 Å². The van der Waals surface area contributed by atoms with E-state index in [1.54, 1.807) is 12.1 Å². The fourth-order valence-electron chi connectivity index (χ4n) is 4.20. The van der Waals surface area contributed by atoms with Gasteiger partial charge in [0.15, 0.2) is 11.6 Å². The molecule has 30 heavy (non-hydrogen) atoms. The molecule has 1 aliphatic carbocycles. The van der Waals surface area contributed by atoms with Crippen LogP contribution in [-0.4, -0.2) is 31.7 Å². The van der Waals surface area contributed by atoms with E-state index in [1.165, 1.54) is 15.9 Å². The van der Waals surface area contributed by atoms with Crippen LogP contribution in [0.15, 0.2) is 41.3 Å². The molecule has 0 bridgehead atoms. The number of sulfonamides is 1. The van der Waals surface area contributed by atoms with Gasteiger partial charge in [0.1, 0.15) is 0 Å². The highest BCUT2D eigenvalue weighted by Gasteiger charge is 2.32. The molecule has 1 amide bonds. The number of carbonyl (C=O) groups excluding carboxylic acids is 1. The number of piperidine rings is 1. The molecule has 4 rings (SSSR count). The third-order valence-electron chi connectivity index (χ3n) is 5.97. The standard InChI is InChI=1S/C22H24F2N2O3S/c23-20-8-6-18(14-21(20)24)25-22(27)16-9-11-26(12-10-16)30(28,29)19-7-5-15-3-1-2-4-17(15)13-19/h5-8,13-14,16H,1-4,9-12H2,(H,25,27). The summed E-state index contributed by atoms with van der Waals surface area (Å²) in [5.74, 6) is -2.70. The number of amides is 1. The average Bonchev–Trinajstić information content (AvgIpc) is 2.76. The molecule has 1 fully saturated rings. The Labute approximate surface area is 175 Å². The predicted octanol–water partition coefficient (Wildman–Crippen LogP) is 3.88. The Morgan fingerprint density at radius 3 is 2.33 bits per heavy atom. The largest absolute Gasteiger partial charge is 0.326 e. The van der Waals surface area contributed by atoms with Crippen molar-refractivity contribution in [3.63, 3.8) is 0 Å². The van der Waals surface area contributed by atoms with Gasteiger partial charge in [0.2, 0.25) is 15.9 Å². The van der Waals surface area contributed by atoms with Crippen molar-refractivity contribution >= 4 is 21.6 Å². The van der Waals surface area contributed by atoms with Gasteiger partial charge >= 0.3 is 0 Å². The molecule has 0 saturated carbocycles. The number of hydrogen-bond donors (Lipinski definition) is 1. The first-order valence-corrected chi connectivity index (χ1v) is 11.7. The zero-order valence-electron chi connectivity index (χ0n) is 16.5. The van der Waals surface area contributed by atoms with Crippen LogP contribution in [0.25, 0.3) is 0 Å². The first-order valence-electron chi connectivity index (χ1n) is 10.2. The van der Waals surface area contributed by atoms with Crippen molar-refractivity contribution in [2.45, 2.75) is 43.4 Å². The second-order valence-corrected chi connectivity index (χ2v) is 9.87. The predicted molar refractivity (Wildman–Crippen MR) is 110 cm³/mol. The van der Waals surface area contributed by atoms with E-state index >= 15 is 0 Å². The van der Waals surface area contributed by atoms with Gasteiger partial charge in [0.25, 0.3) is 0 Å². The minimum absolute atomic E-state index is 0.183. The van der Waals surface area contributed by atoms with E-state index < -0.39 is 21.7 Å². The summed E-state index contributed by atoms with van der Waals surface area (Å²) in [5.41, 5.74) is 2.53. The zero-order chi connectivity index (χ0) is 21.3. The Morgan fingerprint density at radius 1 is 0.933 bits per heavy atom. The Hall–Kier alpha value is -2.32. The first-order chi connectivity index (χ1) is 14.3. The third-order valence-corrected chi connectivity index (χ3v) is 7.86. The lowest BCUT2D eigenvalue weighted by Gasteiger charge is -2.31. The SMILES string of the molecule is O=C(Nc1ccc(F)c(F)c1)C1CCN(S(=O)(=O)c2ccc3c(c2)CCCC3)CC1. The molecule has 8 heteroatoms. The van der Waals surface area contributed by atoms with E-state index in [-0.39, 0.29) is 30.6 Å². The number of anilines is 1. The van der Waals surface area contributed by atoms with Gasteiger partial charge in [0, 0.05) is 30.8 Å². The second-order valence-electron chi connectivity index (χ2n) is 7.93. The molecular formula is C22H24F2N2O3S. The lowest BCUT2D eigenvalue weighted by Crippen LogP contribution is -2.41. The van der Waals surface area contributed by atoms with Crippen LogP contribution in [0.2, 0.25) is 0 Å². The molecule has 0 unspecified atom stereocenters. The molecule has 2 aromatic carbocycles. The van der Waals surface area contributed by atoms with E-state index in [9.17, 15) is 22.0 Å². The van der Waals surface area contributed by atoms with Gasteiger partial charge in [-0.25, -0.2) is 17.2 Å². The topological polar surface area (TPSA) is 66.5 Å². The summed E-state index contributed by atoms with van der Waals surface area (Å²) in [6.07, 6.45) is 4.87. The summed E-state index contributed by atoms with van der Waals surface area (Å²) >= 11 is 0. The Kier molecular flexibility index (Phi) is 5.88. The smallest absolute Gasteiger partial charge is 0.243 e. The number of benzene rings is 2. The molecule has 160 valence electrons. The van der Waals surface area contributed by atoms with Crippen LogP contribution >= 0.6 is 0 Å². The number of hydrogen-bond acceptors (Lipinski definition) is 3. The number of aryl methyl sites for hydroxylation is 2. The van der Waals surface area contributed by atoms with Gasteiger partial charge in [-0.05, 0) is 73.9 Å². The molecule has 2 aromatic rings. The van der Waals surface area contributed by atoms with Gasteiger partial charge in [-0.2, -0.15) is 4.31 Å². The average molecular weight is 435 g/mol. The minimum atomic E-state index is -3.60. The van der Waals surface area contributed by atoms with Gasteiger partial charge in [-0.15, -0.1) is 0 Å². The van der Waals surface area contributed by atoms with Crippen molar-refractivity contribution in [2.24, 2.45) is 5.92 Å². The summed E-state index contributed by atoms with van der Waals surface area (Å²) in [6.45, 7) is 0.491. The van der Waals surface area contributed by atoms with E-state index in [0.29, 0.717) is 17.7 Å². The summed E-state index contributed by atoms with van der Waals surface area (Å²) in [4.78, 5) is 12.8. The van der Waals surface area contributed by atoms with E-state index in [2.05, 4.69) is 5.32 Å². The molecule has 5 nitrogen and oxygen atoms in total. The monoisotopic (exact) mass is 434 g/mol. The normalized spacial score (nSPS) is 18.1. The third kappa shape index (κ3) is 4.25. The zero-order valence-corrected chi connectivity index (χ0v) is 17.4. The number of fused-ring (bicyclic) bond motifs is 1. The molecule has 1 aliphatic heterocycles. The van der Waals surface area contributed by atoms with Crippen LogP contribution in [0.5, 0.6) is 0 Å². The van der Waals surface area contributed by atoms with Crippen LogP contribution in [0.1, 0.15) is 36.8 Å². The van der Waals surface area contributed by atoms with Crippen molar-refractivity contribution in [2.75, 3.05) is 18.4 Å². The lowest BCUT2D eigenvalue weighted by atomic mass is 9.92. The molecule has 0 spiro atoms. The molecule has 2 aliphatic rings. The van der Waals surface area contributed by atoms with E-state index in [4.69, 9.17) is 0 Å². The molecule has 0 atom stereocenters. The molecular weight excluding hydrogens is 410 g/mol. The number of rotatable bonds is 4. The van der Waals surface area contributed by atoms with Gasteiger partial charge in [0.05, 0.1) is 4.90 Å². The first kappa shape index (κ1) is 20.9. The van der Waals surface area contributed by atoms with Crippen molar-refractivity contribution in [1.29, 1.82) is 0 Å². The molecule has 0 radical (unpaired) electrons. The Balaban J connectivity index is 1.39. The summed E-state index contributed by atoms with van der Waals surface area (Å²) < 4.78 is 53.9. The van der Waals surface area contributed by atoms with E-state index in [0.717, 1.165) is 43.4 Å². The number of nitrogens with one attached hydrogen (secondary N) is 1. The summed E-state index contributed by atoms with van der Waals surface area (Å²) in [7, 11) is -3.60. The Bertz CT molecular complexity index is 1060.